The maximum absolute atomic E-state index is 14.1. The third-order valence-corrected chi connectivity index (χ3v) is 19.1. The highest BCUT2D eigenvalue weighted by Gasteiger charge is 2.44. The molecule has 0 spiro atoms. The molecule has 3 aliphatic rings. The Morgan fingerprint density at radius 2 is 1.57 bits per heavy atom. The van der Waals surface area contributed by atoms with E-state index >= 15 is 0 Å². The van der Waals surface area contributed by atoms with Gasteiger partial charge in [0, 0.05) is 42.2 Å². The minimum absolute atomic E-state index is 0.0388. The lowest BCUT2D eigenvalue weighted by atomic mass is 9.82. The topological polar surface area (TPSA) is 83.5 Å². The number of carbonyl (C=O) groups is 1. The molecule has 5 rings (SSSR count). The fourth-order valence-electron chi connectivity index (χ4n) is 5.46. The lowest BCUT2D eigenvalue weighted by Crippen LogP contribution is -2.46. The van der Waals surface area contributed by atoms with Gasteiger partial charge in [-0.15, -0.1) is 0 Å². The normalized spacial score (nSPS) is 20.1. The molecule has 0 fully saturated rings. The highest BCUT2D eigenvalue weighted by Crippen LogP contribution is 2.51. The fraction of sp³-hybridized carbons (Fsp3) is 0.500. The number of ketones is 1. The van der Waals surface area contributed by atoms with Crippen molar-refractivity contribution in [1.29, 1.82) is 0 Å². The number of aliphatic hydroxyl groups is 1. The standard InChI is InChI=1S/C38H52O7Si2/c1-37(2,3)46(7,8)44-27-16-17-28-29-20-23-42-36-30(18-19-31(34(36)40)45-47(9,10)38(4,5)6)33(29)35(43-32(28)24-27)25-12-14-26(15-13-25)41-22-11-21-39/h12-19,24,31,35,39H,11,20-23H2,1-10H3. The van der Waals surface area contributed by atoms with E-state index in [0.717, 1.165) is 45.1 Å². The summed E-state index contributed by atoms with van der Waals surface area (Å²) in [6.45, 7) is 22.9. The van der Waals surface area contributed by atoms with Crippen LogP contribution in [0.3, 0.4) is 0 Å². The molecule has 9 heteroatoms. The fourth-order valence-corrected chi connectivity index (χ4v) is 7.66. The van der Waals surface area contributed by atoms with Gasteiger partial charge in [0.15, 0.2) is 14.1 Å². The van der Waals surface area contributed by atoms with E-state index in [0.29, 0.717) is 31.8 Å². The number of fused-ring (bicyclic) bond motifs is 3. The van der Waals surface area contributed by atoms with Crippen molar-refractivity contribution in [3.63, 3.8) is 0 Å². The minimum Gasteiger partial charge on any atom is -0.543 e. The van der Waals surface area contributed by atoms with Crippen LogP contribution in [0.15, 0.2) is 71.5 Å². The Labute approximate surface area is 282 Å². The van der Waals surface area contributed by atoms with E-state index in [1.165, 1.54) is 0 Å². The molecule has 47 heavy (non-hydrogen) atoms. The first kappa shape index (κ1) is 35.2. The van der Waals surface area contributed by atoms with Crippen LogP contribution in [0.2, 0.25) is 36.3 Å². The van der Waals surface area contributed by atoms with Crippen molar-refractivity contribution in [1.82, 2.24) is 0 Å². The number of rotatable bonds is 9. The second kappa shape index (κ2) is 13.1. The number of hydrogen-bond donors (Lipinski definition) is 1. The molecule has 0 radical (unpaired) electrons. The van der Waals surface area contributed by atoms with Gasteiger partial charge in [-0.1, -0.05) is 59.8 Å². The van der Waals surface area contributed by atoms with E-state index in [-0.39, 0.29) is 22.5 Å². The smallest absolute Gasteiger partial charge is 0.250 e. The van der Waals surface area contributed by atoms with Crippen molar-refractivity contribution in [2.24, 2.45) is 0 Å². The summed E-state index contributed by atoms with van der Waals surface area (Å²) in [5.41, 5.74) is 4.71. The van der Waals surface area contributed by atoms with E-state index in [9.17, 15) is 4.79 Å². The van der Waals surface area contributed by atoms with Gasteiger partial charge in [-0.25, -0.2) is 0 Å². The van der Waals surface area contributed by atoms with Gasteiger partial charge in [0.05, 0.1) is 13.2 Å². The Morgan fingerprint density at radius 3 is 2.21 bits per heavy atom. The first-order valence-corrected chi connectivity index (χ1v) is 22.6. The van der Waals surface area contributed by atoms with Crippen LogP contribution in [0.1, 0.15) is 71.6 Å². The first-order chi connectivity index (χ1) is 21.9. The summed E-state index contributed by atoms with van der Waals surface area (Å²) < 4.78 is 32.3. The molecular weight excluding hydrogens is 625 g/mol. The molecule has 0 aromatic heterocycles. The SMILES string of the molecule is CC(C)(C)[Si](C)(C)Oc1ccc2c(c1)OC(c1ccc(OCCCO)cc1)C1=C2CCOC2=C1C=CC(O[Si](C)(C)C(C)(C)C)C2=O. The summed E-state index contributed by atoms with van der Waals surface area (Å²) in [6, 6.07) is 14.0. The van der Waals surface area contributed by atoms with E-state index in [1.54, 1.807) is 0 Å². The Morgan fingerprint density at radius 1 is 0.915 bits per heavy atom. The average molecular weight is 677 g/mol. The Kier molecular flexibility index (Phi) is 9.78. The van der Waals surface area contributed by atoms with Crippen LogP contribution in [0, 0.1) is 0 Å². The molecule has 7 nitrogen and oxygen atoms in total. The van der Waals surface area contributed by atoms with Crippen molar-refractivity contribution >= 4 is 28.0 Å². The van der Waals surface area contributed by atoms with Crippen LogP contribution >= 0.6 is 0 Å². The molecule has 0 saturated heterocycles. The summed E-state index contributed by atoms with van der Waals surface area (Å²) in [7, 11) is -4.31. The highest BCUT2D eigenvalue weighted by molar-refractivity contribution is 6.75. The molecule has 0 amide bonds. The molecule has 2 aromatic rings. The molecule has 2 atom stereocenters. The lowest BCUT2D eigenvalue weighted by Gasteiger charge is -2.39. The molecule has 2 heterocycles. The molecule has 0 bridgehead atoms. The largest absolute Gasteiger partial charge is 0.543 e. The maximum atomic E-state index is 14.1. The Hall–Kier alpha value is -3.12. The molecule has 254 valence electrons. The summed E-state index contributed by atoms with van der Waals surface area (Å²) in [5, 5.41) is 9.17. The van der Waals surface area contributed by atoms with E-state index < -0.39 is 28.8 Å². The van der Waals surface area contributed by atoms with Crippen LogP contribution < -0.4 is 13.9 Å². The van der Waals surface area contributed by atoms with Gasteiger partial charge in [-0.3, -0.25) is 4.79 Å². The molecule has 2 aliphatic heterocycles. The Bertz CT molecular complexity index is 1590. The zero-order valence-electron chi connectivity index (χ0n) is 29.8. The van der Waals surface area contributed by atoms with Gasteiger partial charge < -0.3 is 28.2 Å². The number of aliphatic hydroxyl groups excluding tert-OH is 1. The molecule has 1 aliphatic carbocycles. The summed E-state index contributed by atoms with van der Waals surface area (Å²) >= 11 is 0. The second-order valence-corrected chi connectivity index (χ2v) is 25.2. The Balaban J connectivity index is 1.58. The van der Waals surface area contributed by atoms with Crippen LogP contribution in [0.4, 0.5) is 0 Å². The van der Waals surface area contributed by atoms with Gasteiger partial charge >= 0.3 is 0 Å². The second-order valence-electron chi connectivity index (χ2n) is 15.8. The zero-order chi connectivity index (χ0) is 34.4. The quantitative estimate of drug-likeness (QED) is 0.210. The van der Waals surface area contributed by atoms with Crippen LogP contribution in [-0.2, 0) is 14.0 Å². The summed E-state index contributed by atoms with van der Waals surface area (Å²) in [6.07, 6.45) is 3.90. The minimum atomic E-state index is -2.23. The molecule has 2 unspecified atom stereocenters. The van der Waals surface area contributed by atoms with Crippen molar-refractivity contribution in [3.8, 4) is 17.2 Å². The maximum Gasteiger partial charge on any atom is 0.250 e. The third kappa shape index (κ3) is 7.18. The van der Waals surface area contributed by atoms with Crippen LogP contribution in [-0.4, -0.2) is 53.4 Å². The van der Waals surface area contributed by atoms with Crippen molar-refractivity contribution in [3.05, 3.63) is 82.6 Å². The number of allylic oxidation sites excluding steroid dienone is 1. The van der Waals surface area contributed by atoms with Gasteiger partial charge in [-0.05, 0) is 77.7 Å². The molecular formula is C38H52O7Si2. The number of hydrogen-bond acceptors (Lipinski definition) is 7. The number of carbonyl (C=O) groups excluding carboxylic acids is 1. The van der Waals surface area contributed by atoms with Gasteiger partial charge in [-0.2, -0.15) is 0 Å². The van der Waals surface area contributed by atoms with E-state index in [4.69, 9.17) is 28.2 Å². The summed E-state index contributed by atoms with van der Waals surface area (Å²) in [5.74, 6) is 2.48. The lowest BCUT2D eigenvalue weighted by molar-refractivity contribution is -0.124. The van der Waals surface area contributed by atoms with Gasteiger partial charge in [0.1, 0.15) is 29.5 Å². The van der Waals surface area contributed by atoms with Gasteiger partial charge in [0.25, 0.3) is 0 Å². The predicted molar refractivity (Wildman–Crippen MR) is 192 cm³/mol. The molecule has 2 aromatic carbocycles. The van der Waals surface area contributed by atoms with Crippen LogP contribution in [0.5, 0.6) is 17.2 Å². The monoisotopic (exact) mass is 676 g/mol. The number of benzene rings is 2. The highest BCUT2D eigenvalue weighted by atomic mass is 28.4. The predicted octanol–water partition coefficient (Wildman–Crippen LogP) is 8.92. The number of Topliss-reactive ketones (excluding diaryl/α,β-unsaturated/α-hetero) is 1. The van der Waals surface area contributed by atoms with Crippen molar-refractivity contribution < 1.29 is 33.0 Å². The number of ether oxygens (including phenoxy) is 3. The van der Waals surface area contributed by atoms with E-state index in [2.05, 4.69) is 73.8 Å². The molecule has 1 N–H and O–H groups in total. The van der Waals surface area contributed by atoms with E-state index in [1.807, 2.05) is 48.6 Å². The first-order valence-electron chi connectivity index (χ1n) is 16.8. The summed E-state index contributed by atoms with van der Waals surface area (Å²) in [4.78, 5) is 14.1. The zero-order valence-corrected chi connectivity index (χ0v) is 31.8. The van der Waals surface area contributed by atoms with Crippen LogP contribution in [0.25, 0.3) is 5.57 Å². The van der Waals surface area contributed by atoms with Crippen molar-refractivity contribution in [2.45, 2.75) is 103 Å². The van der Waals surface area contributed by atoms with Gasteiger partial charge in [0.2, 0.25) is 14.1 Å². The third-order valence-electron chi connectivity index (χ3n) is 10.3. The average Bonchev–Trinajstić information content (AvgIpc) is 3.18. The molecule has 0 saturated carbocycles. The van der Waals surface area contributed by atoms with Crippen molar-refractivity contribution in [2.75, 3.05) is 19.8 Å².